The van der Waals surface area contributed by atoms with Crippen LogP contribution in [0.4, 0.5) is 0 Å². The SMILES string of the molecule is Cc1cc(-c2ccc(C(=O)N(C)C)s2)n(C(C)C)n1. The topological polar surface area (TPSA) is 38.1 Å². The van der Waals surface area contributed by atoms with Gasteiger partial charge >= 0.3 is 0 Å². The summed E-state index contributed by atoms with van der Waals surface area (Å²) in [5.74, 6) is 0.0450. The van der Waals surface area contributed by atoms with Gasteiger partial charge in [0.2, 0.25) is 0 Å². The van der Waals surface area contributed by atoms with Crippen LogP contribution in [0.5, 0.6) is 0 Å². The highest BCUT2D eigenvalue weighted by atomic mass is 32.1. The molecule has 0 aliphatic carbocycles. The fraction of sp³-hybridized carbons (Fsp3) is 0.429. The predicted octanol–water partition coefficient (Wildman–Crippen LogP) is 3.20. The fourth-order valence-electron chi connectivity index (χ4n) is 1.91. The molecule has 2 heterocycles. The van der Waals surface area contributed by atoms with Crippen LogP contribution in [0.3, 0.4) is 0 Å². The standard InChI is InChI=1S/C14H19N3OS/c1-9(2)17-11(8-10(3)15-17)12-6-7-13(19-12)14(18)16(4)5/h6-9H,1-5H3. The molecule has 0 aliphatic rings. The van der Waals surface area contributed by atoms with Gasteiger partial charge in [0, 0.05) is 20.1 Å². The van der Waals surface area contributed by atoms with Gasteiger partial charge in [-0.25, -0.2) is 0 Å². The molecule has 4 nitrogen and oxygen atoms in total. The minimum atomic E-state index is 0.0450. The molecular formula is C14H19N3OS. The van der Waals surface area contributed by atoms with Gasteiger partial charge in [0.1, 0.15) is 0 Å². The summed E-state index contributed by atoms with van der Waals surface area (Å²) in [4.78, 5) is 15.4. The lowest BCUT2D eigenvalue weighted by atomic mass is 10.3. The summed E-state index contributed by atoms with van der Waals surface area (Å²) < 4.78 is 2.01. The zero-order valence-electron chi connectivity index (χ0n) is 12.0. The molecule has 0 unspecified atom stereocenters. The maximum Gasteiger partial charge on any atom is 0.263 e. The van der Waals surface area contributed by atoms with Gasteiger partial charge in [0.15, 0.2) is 0 Å². The second-order valence-corrected chi connectivity index (χ2v) is 6.16. The van der Waals surface area contributed by atoms with Crippen LogP contribution in [-0.2, 0) is 0 Å². The van der Waals surface area contributed by atoms with Crippen molar-refractivity contribution < 1.29 is 4.79 Å². The van der Waals surface area contributed by atoms with Gasteiger partial charge in [0.25, 0.3) is 5.91 Å². The van der Waals surface area contributed by atoms with Crippen LogP contribution in [0.25, 0.3) is 10.6 Å². The van der Waals surface area contributed by atoms with Gasteiger partial charge in [-0.15, -0.1) is 11.3 Å². The Morgan fingerprint density at radius 2 is 2.05 bits per heavy atom. The molecule has 2 rings (SSSR count). The van der Waals surface area contributed by atoms with Crippen LogP contribution in [0.2, 0.25) is 0 Å². The molecule has 0 fully saturated rings. The Kier molecular flexibility index (Phi) is 3.75. The number of nitrogens with zero attached hydrogens (tertiary/aromatic N) is 3. The number of rotatable bonds is 3. The molecule has 0 N–H and O–H groups in total. The minimum absolute atomic E-state index is 0.0450. The molecule has 0 radical (unpaired) electrons. The lowest BCUT2D eigenvalue weighted by Crippen LogP contribution is -2.20. The van der Waals surface area contributed by atoms with Gasteiger partial charge in [0.05, 0.1) is 21.1 Å². The van der Waals surface area contributed by atoms with E-state index in [0.717, 1.165) is 21.1 Å². The first-order valence-electron chi connectivity index (χ1n) is 6.28. The highest BCUT2D eigenvalue weighted by Gasteiger charge is 2.16. The van der Waals surface area contributed by atoms with Gasteiger partial charge in [-0.2, -0.15) is 5.10 Å². The number of thiophene rings is 1. The van der Waals surface area contributed by atoms with E-state index in [2.05, 4.69) is 25.0 Å². The summed E-state index contributed by atoms with van der Waals surface area (Å²) >= 11 is 1.52. The van der Waals surface area contributed by atoms with Crippen molar-refractivity contribution in [2.45, 2.75) is 26.8 Å². The molecule has 0 atom stereocenters. The summed E-state index contributed by atoms with van der Waals surface area (Å²) in [6, 6.07) is 6.25. The molecule has 102 valence electrons. The molecule has 0 aliphatic heterocycles. The van der Waals surface area contributed by atoms with Crippen molar-refractivity contribution in [2.24, 2.45) is 0 Å². The van der Waals surface area contributed by atoms with E-state index in [1.807, 2.05) is 23.7 Å². The van der Waals surface area contributed by atoms with Crippen LogP contribution in [-0.4, -0.2) is 34.7 Å². The van der Waals surface area contributed by atoms with Crippen LogP contribution in [0, 0.1) is 6.92 Å². The normalized spacial score (nSPS) is 11.1. The maximum absolute atomic E-state index is 11.9. The Balaban J connectivity index is 2.41. The third kappa shape index (κ3) is 2.71. The molecule has 0 spiro atoms. The van der Waals surface area contributed by atoms with E-state index < -0.39 is 0 Å². The second-order valence-electron chi connectivity index (χ2n) is 5.07. The number of aromatic nitrogens is 2. The largest absolute Gasteiger partial charge is 0.344 e. The second kappa shape index (κ2) is 5.17. The average Bonchev–Trinajstić information content (AvgIpc) is 2.93. The lowest BCUT2D eigenvalue weighted by molar-refractivity contribution is 0.0832. The molecular weight excluding hydrogens is 258 g/mol. The van der Waals surface area contributed by atoms with Gasteiger partial charge in [-0.05, 0) is 39.0 Å². The molecule has 2 aromatic rings. The maximum atomic E-state index is 11.9. The molecule has 1 amide bonds. The minimum Gasteiger partial charge on any atom is -0.344 e. The Morgan fingerprint density at radius 3 is 2.63 bits per heavy atom. The van der Waals surface area contributed by atoms with E-state index in [1.54, 1.807) is 19.0 Å². The Hall–Kier alpha value is -1.62. The Morgan fingerprint density at radius 1 is 1.37 bits per heavy atom. The average molecular weight is 277 g/mol. The van der Waals surface area contributed by atoms with Crippen molar-refractivity contribution in [2.75, 3.05) is 14.1 Å². The van der Waals surface area contributed by atoms with E-state index in [0.29, 0.717) is 6.04 Å². The summed E-state index contributed by atoms with van der Waals surface area (Å²) in [6.45, 7) is 6.20. The highest BCUT2D eigenvalue weighted by molar-refractivity contribution is 7.17. The zero-order valence-corrected chi connectivity index (χ0v) is 12.8. The van der Waals surface area contributed by atoms with Gasteiger partial charge in [-0.3, -0.25) is 9.48 Å². The molecule has 0 saturated carbocycles. The summed E-state index contributed by atoms with van der Waals surface area (Å²) in [5, 5.41) is 4.50. The number of hydrogen-bond donors (Lipinski definition) is 0. The monoisotopic (exact) mass is 277 g/mol. The number of amides is 1. The van der Waals surface area contributed by atoms with Crippen molar-refractivity contribution in [1.82, 2.24) is 14.7 Å². The van der Waals surface area contributed by atoms with E-state index in [1.165, 1.54) is 11.3 Å². The third-order valence-electron chi connectivity index (χ3n) is 2.82. The summed E-state index contributed by atoms with van der Waals surface area (Å²) in [5.41, 5.74) is 2.08. The fourth-order valence-corrected chi connectivity index (χ4v) is 2.94. The number of hydrogen-bond acceptors (Lipinski definition) is 3. The smallest absolute Gasteiger partial charge is 0.263 e. The summed E-state index contributed by atoms with van der Waals surface area (Å²) in [6.07, 6.45) is 0. The highest BCUT2D eigenvalue weighted by Crippen LogP contribution is 2.30. The molecule has 5 heteroatoms. The van der Waals surface area contributed by atoms with Crippen molar-refractivity contribution in [3.05, 3.63) is 28.8 Å². The van der Waals surface area contributed by atoms with Gasteiger partial charge in [-0.1, -0.05) is 0 Å². The third-order valence-corrected chi connectivity index (χ3v) is 3.92. The quantitative estimate of drug-likeness (QED) is 0.864. The van der Waals surface area contributed by atoms with Crippen molar-refractivity contribution in [3.63, 3.8) is 0 Å². The van der Waals surface area contributed by atoms with Gasteiger partial charge < -0.3 is 4.90 Å². The van der Waals surface area contributed by atoms with E-state index >= 15 is 0 Å². The van der Waals surface area contributed by atoms with Crippen LogP contribution >= 0.6 is 11.3 Å². The van der Waals surface area contributed by atoms with Crippen LogP contribution in [0.15, 0.2) is 18.2 Å². The molecule has 2 aromatic heterocycles. The summed E-state index contributed by atoms with van der Waals surface area (Å²) in [7, 11) is 3.54. The molecule has 0 saturated heterocycles. The van der Waals surface area contributed by atoms with Crippen molar-refractivity contribution in [1.29, 1.82) is 0 Å². The molecule has 0 aromatic carbocycles. The first kappa shape index (κ1) is 13.8. The molecule has 19 heavy (non-hydrogen) atoms. The van der Waals surface area contributed by atoms with Crippen LogP contribution < -0.4 is 0 Å². The Labute approximate surface area is 117 Å². The number of carbonyl (C=O) groups is 1. The van der Waals surface area contributed by atoms with Crippen molar-refractivity contribution in [3.8, 4) is 10.6 Å². The number of carbonyl (C=O) groups excluding carboxylic acids is 1. The number of aryl methyl sites for hydroxylation is 1. The van der Waals surface area contributed by atoms with Crippen molar-refractivity contribution >= 4 is 17.2 Å². The molecule has 0 bridgehead atoms. The van der Waals surface area contributed by atoms with E-state index in [4.69, 9.17) is 0 Å². The zero-order chi connectivity index (χ0) is 14.2. The predicted molar refractivity (Wildman–Crippen MR) is 78.7 cm³/mol. The van der Waals surface area contributed by atoms with E-state index in [-0.39, 0.29) is 5.91 Å². The first-order valence-corrected chi connectivity index (χ1v) is 7.10. The first-order chi connectivity index (χ1) is 8.90. The van der Waals surface area contributed by atoms with Crippen LogP contribution in [0.1, 0.15) is 35.3 Å². The lowest BCUT2D eigenvalue weighted by Gasteiger charge is -2.09. The van der Waals surface area contributed by atoms with E-state index in [9.17, 15) is 4.79 Å². The Bertz CT molecular complexity index is 596.